The zero-order valence-corrected chi connectivity index (χ0v) is 13.1. The van der Waals surface area contributed by atoms with E-state index in [1.54, 1.807) is 25.3 Å². The molecule has 106 valence electrons. The molecule has 0 aromatic heterocycles. The highest BCUT2D eigenvalue weighted by atomic mass is 79.9. The first-order valence-corrected chi connectivity index (χ1v) is 6.79. The molecule has 1 aromatic carbocycles. The molecule has 1 amide bonds. The Labute approximate surface area is 127 Å². The van der Waals surface area contributed by atoms with Crippen LogP contribution in [0.2, 0.25) is 0 Å². The summed E-state index contributed by atoms with van der Waals surface area (Å²) in [5, 5.41) is 2.98. The van der Waals surface area contributed by atoms with E-state index in [4.69, 9.17) is 10.5 Å². The number of carbonyl (C=O) groups is 1. The molecule has 0 radical (unpaired) electrons. The number of ether oxygens (including phenoxy) is 1. The predicted molar refractivity (Wildman–Crippen MR) is 81.0 cm³/mol. The lowest BCUT2D eigenvalue weighted by Gasteiger charge is -2.16. The maximum Gasteiger partial charge on any atom is 0.251 e. The number of hydrogen-bond donors (Lipinski definition) is 2. The maximum atomic E-state index is 12.1. The van der Waals surface area contributed by atoms with Gasteiger partial charge in [0, 0.05) is 18.2 Å². The van der Waals surface area contributed by atoms with Crippen LogP contribution in [0.25, 0.3) is 0 Å². The van der Waals surface area contributed by atoms with E-state index < -0.39 is 0 Å². The minimum atomic E-state index is -0.0827. The molecule has 19 heavy (non-hydrogen) atoms. The number of halogens is 2. The SMILES string of the molecule is COc1ccc(C(=O)NC(CN)C2CC2)cc1Br.Cl. The first-order valence-electron chi connectivity index (χ1n) is 6.00. The van der Waals surface area contributed by atoms with Crippen molar-refractivity contribution in [3.8, 4) is 5.75 Å². The summed E-state index contributed by atoms with van der Waals surface area (Å²) in [6, 6.07) is 5.38. The van der Waals surface area contributed by atoms with Gasteiger partial charge in [-0.15, -0.1) is 12.4 Å². The fraction of sp³-hybridized carbons (Fsp3) is 0.462. The van der Waals surface area contributed by atoms with Crippen LogP contribution in [-0.4, -0.2) is 25.6 Å². The number of nitrogens with one attached hydrogen (secondary N) is 1. The van der Waals surface area contributed by atoms with Crippen LogP contribution in [-0.2, 0) is 0 Å². The maximum absolute atomic E-state index is 12.1. The van der Waals surface area contributed by atoms with E-state index in [2.05, 4.69) is 21.2 Å². The average molecular weight is 350 g/mol. The van der Waals surface area contributed by atoms with Gasteiger partial charge in [0.15, 0.2) is 0 Å². The largest absolute Gasteiger partial charge is 0.496 e. The highest BCUT2D eigenvalue weighted by Gasteiger charge is 2.31. The van der Waals surface area contributed by atoms with E-state index in [1.807, 2.05) is 0 Å². The molecule has 0 heterocycles. The standard InChI is InChI=1S/C13H17BrN2O2.ClH/c1-18-12-5-4-9(6-10(12)14)13(17)16-11(7-15)8-2-3-8;/h4-6,8,11H,2-3,7,15H2,1H3,(H,16,17);1H. The van der Waals surface area contributed by atoms with Crippen LogP contribution < -0.4 is 15.8 Å². The van der Waals surface area contributed by atoms with E-state index in [9.17, 15) is 4.79 Å². The topological polar surface area (TPSA) is 64.3 Å². The van der Waals surface area contributed by atoms with E-state index >= 15 is 0 Å². The van der Waals surface area contributed by atoms with Crippen LogP contribution in [0.15, 0.2) is 22.7 Å². The minimum absolute atomic E-state index is 0. The molecule has 1 aliphatic rings. The summed E-state index contributed by atoms with van der Waals surface area (Å²) in [6.45, 7) is 0.494. The van der Waals surface area contributed by atoms with Crippen LogP contribution in [0, 0.1) is 5.92 Å². The molecular weight excluding hydrogens is 332 g/mol. The third-order valence-electron chi connectivity index (χ3n) is 3.18. The van der Waals surface area contributed by atoms with Gasteiger partial charge in [-0.2, -0.15) is 0 Å². The number of carbonyl (C=O) groups excluding carboxylic acids is 1. The van der Waals surface area contributed by atoms with Gasteiger partial charge in [0.05, 0.1) is 11.6 Å². The molecule has 6 heteroatoms. The summed E-state index contributed by atoms with van der Waals surface area (Å²) in [6.07, 6.45) is 2.32. The summed E-state index contributed by atoms with van der Waals surface area (Å²) < 4.78 is 5.90. The van der Waals surface area contributed by atoms with Gasteiger partial charge in [-0.1, -0.05) is 0 Å². The number of hydrogen-bond acceptors (Lipinski definition) is 3. The second kappa shape index (κ2) is 7.12. The number of methoxy groups -OCH3 is 1. The highest BCUT2D eigenvalue weighted by molar-refractivity contribution is 9.10. The van der Waals surface area contributed by atoms with Gasteiger partial charge < -0.3 is 15.8 Å². The number of benzene rings is 1. The molecular formula is C13H18BrClN2O2. The third-order valence-corrected chi connectivity index (χ3v) is 3.80. The summed E-state index contributed by atoms with van der Waals surface area (Å²) >= 11 is 3.37. The van der Waals surface area contributed by atoms with Gasteiger partial charge >= 0.3 is 0 Å². The van der Waals surface area contributed by atoms with Crippen molar-refractivity contribution >= 4 is 34.2 Å². The number of rotatable bonds is 5. The summed E-state index contributed by atoms with van der Waals surface area (Å²) in [5.74, 6) is 1.19. The van der Waals surface area contributed by atoms with Gasteiger partial charge in [-0.3, -0.25) is 4.79 Å². The molecule has 1 fully saturated rings. The molecule has 0 bridgehead atoms. The average Bonchev–Trinajstić information content (AvgIpc) is 3.19. The lowest BCUT2D eigenvalue weighted by Crippen LogP contribution is -2.41. The lowest BCUT2D eigenvalue weighted by molar-refractivity contribution is 0.0933. The Hall–Kier alpha value is -0.780. The third kappa shape index (κ3) is 4.09. The van der Waals surface area contributed by atoms with Gasteiger partial charge in [-0.25, -0.2) is 0 Å². The molecule has 2 rings (SSSR count). The van der Waals surface area contributed by atoms with Crippen molar-refractivity contribution in [2.75, 3.05) is 13.7 Å². The molecule has 0 aliphatic heterocycles. The van der Waals surface area contributed by atoms with Crippen LogP contribution >= 0.6 is 28.3 Å². The van der Waals surface area contributed by atoms with E-state index in [-0.39, 0.29) is 24.4 Å². The predicted octanol–water partition coefficient (Wildman–Crippen LogP) is 2.35. The van der Waals surface area contributed by atoms with Crippen molar-refractivity contribution in [2.24, 2.45) is 11.7 Å². The summed E-state index contributed by atoms with van der Waals surface area (Å²) in [5.41, 5.74) is 6.28. The van der Waals surface area contributed by atoms with Crippen molar-refractivity contribution in [3.05, 3.63) is 28.2 Å². The van der Waals surface area contributed by atoms with E-state index in [0.29, 0.717) is 23.8 Å². The van der Waals surface area contributed by atoms with Gasteiger partial charge in [0.1, 0.15) is 5.75 Å². The normalized spacial score (nSPS) is 15.3. The Kier molecular flexibility index (Phi) is 6.10. The second-order valence-electron chi connectivity index (χ2n) is 4.50. The Morgan fingerprint density at radius 1 is 1.58 bits per heavy atom. The number of nitrogens with two attached hydrogens (primary N) is 1. The molecule has 0 spiro atoms. The summed E-state index contributed by atoms with van der Waals surface area (Å²) in [4.78, 5) is 12.1. The molecule has 0 saturated heterocycles. The van der Waals surface area contributed by atoms with E-state index in [0.717, 1.165) is 17.3 Å². The fourth-order valence-electron chi connectivity index (χ4n) is 1.93. The molecule has 1 unspecified atom stereocenters. The first-order chi connectivity index (χ1) is 8.65. The monoisotopic (exact) mass is 348 g/mol. The van der Waals surface area contributed by atoms with Gasteiger partial charge in [0.2, 0.25) is 0 Å². The zero-order chi connectivity index (χ0) is 13.1. The van der Waals surface area contributed by atoms with Crippen LogP contribution in [0.4, 0.5) is 0 Å². The minimum Gasteiger partial charge on any atom is -0.496 e. The quantitative estimate of drug-likeness (QED) is 0.857. The van der Waals surface area contributed by atoms with Crippen molar-refractivity contribution in [2.45, 2.75) is 18.9 Å². The molecule has 3 N–H and O–H groups in total. The van der Waals surface area contributed by atoms with E-state index in [1.165, 1.54) is 0 Å². The Bertz CT molecular complexity index is 452. The number of amides is 1. The molecule has 1 atom stereocenters. The van der Waals surface area contributed by atoms with Crippen LogP contribution in [0.1, 0.15) is 23.2 Å². The lowest BCUT2D eigenvalue weighted by atomic mass is 10.1. The van der Waals surface area contributed by atoms with Crippen molar-refractivity contribution < 1.29 is 9.53 Å². The Morgan fingerprint density at radius 3 is 2.74 bits per heavy atom. The Morgan fingerprint density at radius 2 is 2.26 bits per heavy atom. The molecule has 4 nitrogen and oxygen atoms in total. The van der Waals surface area contributed by atoms with Crippen LogP contribution in [0.3, 0.4) is 0 Å². The van der Waals surface area contributed by atoms with Crippen molar-refractivity contribution in [3.63, 3.8) is 0 Å². The van der Waals surface area contributed by atoms with Crippen molar-refractivity contribution in [1.82, 2.24) is 5.32 Å². The fourth-order valence-corrected chi connectivity index (χ4v) is 2.47. The molecule has 1 aromatic rings. The molecule has 1 aliphatic carbocycles. The smallest absolute Gasteiger partial charge is 0.251 e. The highest BCUT2D eigenvalue weighted by Crippen LogP contribution is 2.32. The summed E-state index contributed by atoms with van der Waals surface area (Å²) in [7, 11) is 1.59. The van der Waals surface area contributed by atoms with Crippen molar-refractivity contribution in [1.29, 1.82) is 0 Å². The zero-order valence-electron chi connectivity index (χ0n) is 10.7. The van der Waals surface area contributed by atoms with Crippen LogP contribution in [0.5, 0.6) is 5.75 Å². The first kappa shape index (κ1) is 16.3. The van der Waals surface area contributed by atoms with Gasteiger partial charge in [-0.05, 0) is 52.9 Å². The Balaban J connectivity index is 0.00000180. The second-order valence-corrected chi connectivity index (χ2v) is 5.36. The van der Waals surface area contributed by atoms with Gasteiger partial charge in [0.25, 0.3) is 5.91 Å². The molecule has 1 saturated carbocycles.